The highest BCUT2D eigenvalue weighted by Crippen LogP contribution is 2.31. The molecule has 1 amide bonds. The number of aromatic nitrogens is 1. The molecular weight excluding hydrogens is 298 g/mol. The largest absolute Gasteiger partial charge is 0.378 e. The van der Waals surface area contributed by atoms with E-state index in [1.54, 1.807) is 11.3 Å². The number of morpholine rings is 1. The maximum atomic E-state index is 12.1. The summed E-state index contributed by atoms with van der Waals surface area (Å²) in [6.45, 7) is 8.99. The summed E-state index contributed by atoms with van der Waals surface area (Å²) in [4.78, 5) is 19.0. The van der Waals surface area contributed by atoms with Gasteiger partial charge in [-0.3, -0.25) is 4.79 Å². The van der Waals surface area contributed by atoms with Crippen LogP contribution >= 0.6 is 11.3 Å². The zero-order chi connectivity index (χ0) is 15.7. The van der Waals surface area contributed by atoms with E-state index in [-0.39, 0.29) is 5.91 Å². The van der Waals surface area contributed by atoms with Crippen molar-refractivity contribution in [3.05, 3.63) is 18.2 Å². The van der Waals surface area contributed by atoms with Crippen LogP contribution in [0.1, 0.15) is 20.8 Å². The monoisotopic (exact) mass is 319 g/mol. The van der Waals surface area contributed by atoms with Gasteiger partial charge in [0, 0.05) is 24.2 Å². The molecular formula is C16H21N3O2S. The van der Waals surface area contributed by atoms with Crippen LogP contribution in [-0.4, -0.2) is 37.2 Å². The smallest absolute Gasteiger partial charge is 0.229 e. The first-order valence-corrected chi connectivity index (χ1v) is 8.30. The standard InChI is InChI=1S/C16H21N3O2S/c1-16(2,3)14(20)17-11-4-5-12-13(10-11)22-15(18-12)19-6-8-21-9-7-19/h4-5,10H,6-9H2,1-3H3,(H,17,20). The van der Waals surface area contributed by atoms with Crippen LogP contribution in [-0.2, 0) is 9.53 Å². The molecule has 6 heteroatoms. The van der Waals surface area contributed by atoms with Crippen molar-refractivity contribution in [2.24, 2.45) is 5.41 Å². The molecule has 0 atom stereocenters. The van der Waals surface area contributed by atoms with Gasteiger partial charge in [0.25, 0.3) is 0 Å². The molecule has 5 nitrogen and oxygen atoms in total. The fourth-order valence-electron chi connectivity index (χ4n) is 2.20. The number of fused-ring (bicyclic) bond motifs is 1. The van der Waals surface area contributed by atoms with Gasteiger partial charge in [-0.2, -0.15) is 0 Å². The van der Waals surface area contributed by atoms with Gasteiger partial charge in [0.1, 0.15) is 0 Å². The first-order valence-electron chi connectivity index (χ1n) is 7.48. The summed E-state index contributed by atoms with van der Waals surface area (Å²) in [5, 5.41) is 3.99. The van der Waals surface area contributed by atoms with Gasteiger partial charge in [-0.05, 0) is 18.2 Å². The SMILES string of the molecule is CC(C)(C)C(=O)Nc1ccc2nc(N3CCOCC3)sc2c1. The molecule has 1 saturated heterocycles. The number of benzene rings is 1. The Bertz CT molecular complexity index is 684. The summed E-state index contributed by atoms with van der Waals surface area (Å²) in [5.74, 6) is 0.0183. The predicted octanol–water partition coefficient (Wildman–Crippen LogP) is 3.12. The van der Waals surface area contributed by atoms with Crippen LogP contribution in [0.3, 0.4) is 0 Å². The van der Waals surface area contributed by atoms with E-state index in [0.717, 1.165) is 47.3 Å². The van der Waals surface area contributed by atoms with E-state index in [4.69, 9.17) is 4.74 Å². The Balaban J connectivity index is 1.82. The highest BCUT2D eigenvalue weighted by Gasteiger charge is 2.21. The van der Waals surface area contributed by atoms with Crippen LogP contribution in [0.2, 0.25) is 0 Å². The maximum Gasteiger partial charge on any atom is 0.229 e. The Kier molecular flexibility index (Phi) is 4.06. The van der Waals surface area contributed by atoms with Crippen LogP contribution in [0, 0.1) is 5.41 Å². The van der Waals surface area contributed by atoms with Crippen LogP contribution in [0.15, 0.2) is 18.2 Å². The third kappa shape index (κ3) is 3.23. The van der Waals surface area contributed by atoms with E-state index >= 15 is 0 Å². The second-order valence-corrected chi connectivity index (χ2v) is 7.49. The lowest BCUT2D eigenvalue weighted by Crippen LogP contribution is -2.36. The summed E-state index contributed by atoms with van der Waals surface area (Å²) in [5.41, 5.74) is 1.39. The lowest BCUT2D eigenvalue weighted by atomic mass is 9.95. The molecule has 0 saturated carbocycles. The van der Waals surface area contributed by atoms with Crippen molar-refractivity contribution in [1.82, 2.24) is 4.98 Å². The first kappa shape index (κ1) is 15.2. The van der Waals surface area contributed by atoms with E-state index in [0.29, 0.717) is 0 Å². The summed E-state index contributed by atoms with van der Waals surface area (Å²) < 4.78 is 6.47. The lowest BCUT2D eigenvalue weighted by Gasteiger charge is -2.25. The molecule has 2 aromatic rings. The highest BCUT2D eigenvalue weighted by atomic mass is 32.1. The summed E-state index contributed by atoms with van der Waals surface area (Å²) >= 11 is 1.66. The second-order valence-electron chi connectivity index (χ2n) is 6.48. The van der Waals surface area contributed by atoms with E-state index in [2.05, 4.69) is 15.2 Å². The van der Waals surface area contributed by atoms with Crippen LogP contribution in [0.25, 0.3) is 10.2 Å². The van der Waals surface area contributed by atoms with Gasteiger partial charge in [0.15, 0.2) is 5.13 Å². The molecule has 0 unspecified atom stereocenters. The quantitative estimate of drug-likeness (QED) is 0.924. The van der Waals surface area contributed by atoms with Crippen LogP contribution < -0.4 is 10.2 Å². The maximum absolute atomic E-state index is 12.1. The number of ether oxygens (including phenoxy) is 1. The van der Waals surface area contributed by atoms with E-state index in [1.165, 1.54) is 0 Å². The number of thiazole rings is 1. The summed E-state index contributed by atoms with van der Waals surface area (Å²) in [6, 6.07) is 5.88. The highest BCUT2D eigenvalue weighted by molar-refractivity contribution is 7.22. The molecule has 1 aliphatic heterocycles. The number of nitrogens with zero attached hydrogens (tertiary/aromatic N) is 2. The molecule has 0 spiro atoms. The van der Waals surface area contributed by atoms with Gasteiger partial charge in [0.2, 0.25) is 5.91 Å². The van der Waals surface area contributed by atoms with Crippen LogP contribution in [0.5, 0.6) is 0 Å². The molecule has 0 radical (unpaired) electrons. The average molecular weight is 319 g/mol. The number of carbonyl (C=O) groups excluding carboxylic acids is 1. The molecule has 0 aliphatic carbocycles. The number of amides is 1. The van der Waals surface area contributed by atoms with E-state index < -0.39 is 5.41 Å². The summed E-state index contributed by atoms with van der Waals surface area (Å²) in [6.07, 6.45) is 0. The molecule has 1 fully saturated rings. The number of hydrogen-bond donors (Lipinski definition) is 1. The zero-order valence-corrected chi connectivity index (χ0v) is 14.0. The minimum Gasteiger partial charge on any atom is -0.378 e. The molecule has 0 bridgehead atoms. The lowest BCUT2D eigenvalue weighted by molar-refractivity contribution is -0.123. The Morgan fingerprint density at radius 1 is 1.32 bits per heavy atom. The topological polar surface area (TPSA) is 54.5 Å². The minimum atomic E-state index is -0.401. The molecule has 1 aliphatic rings. The van der Waals surface area contributed by atoms with Crippen molar-refractivity contribution in [2.75, 3.05) is 36.5 Å². The van der Waals surface area contributed by atoms with Crippen molar-refractivity contribution >= 4 is 38.3 Å². The van der Waals surface area contributed by atoms with Crippen molar-refractivity contribution < 1.29 is 9.53 Å². The third-order valence-corrected chi connectivity index (χ3v) is 4.68. The fourth-order valence-corrected chi connectivity index (χ4v) is 3.26. The molecule has 22 heavy (non-hydrogen) atoms. The van der Waals surface area contributed by atoms with Gasteiger partial charge in [-0.1, -0.05) is 32.1 Å². The Hall–Kier alpha value is -1.66. The van der Waals surface area contributed by atoms with Gasteiger partial charge in [-0.15, -0.1) is 0 Å². The number of rotatable bonds is 2. The fraction of sp³-hybridized carbons (Fsp3) is 0.500. The van der Waals surface area contributed by atoms with Gasteiger partial charge < -0.3 is 15.0 Å². The minimum absolute atomic E-state index is 0.0183. The average Bonchev–Trinajstić information content (AvgIpc) is 2.90. The predicted molar refractivity (Wildman–Crippen MR) is 90.7 cm³/mol. The Morgan fingerprint density at radius 3 is 2.73 bits per heavy atom. The molecule has 1 N–H and O–H groups in total. The second kappa shape index (κ2) is 5.85. The molecule has 1 aromatic carbocycles. The number of hydrogen-bond acceptors (Lipinski definition) is 5. The van der Waals surface area contributed by atoms with Crippen molar-refractivity contribution in [2.45, 2.75) is 20.8 Å². The summed E-state index contributed by atoms with van der Waals surface area (Å²) in [7, 11) is 0. The number of carbonyl (C=O) groups is 1. The van der Waals surface area contributed by atoms with Gasteiger partial charge in [-0.25, -0.2) is 4.98 Å². The molecule has 3 rings (SSSR count). The Morgan fingerprint density at radius 2 is 2.05 bits per heavy atom. The van der Waals surface area contributed by atoms with E-state index in [1.807, 2.05) is 39.0 Å². The normalized spacial score (nSPS) is 16.0. The first-order chi connectivity index (χ1) is 10.4. The molecule has 2 heterocycles. The zero-order valence-electron chi connectivity index (χ0n) is 13.2. The number of anilines is 2. The number of nitrogens with one attached hydrogen (secondary N) is 1. The van der Waals surface area contributed by atoms with Crippen LogP contribution in [0.4, 0.5) is 10.8 Å². The Labute approximate surface area is 134 Å². The molecule has 118 valence electrons. The van der Waals surface area contributed by atoms with Crippen molar-refractivity contribution in [3.8, 4) is 0 Å². The van der Waals surface area contributed by atoms with Crippen molar-refractivity contribution in [3.63, 3.8) is 0 Å². The molecule has 1 aromatic heterocycles. The van der Waals surface area contributed by atoms with Gasteiger partial charge >= 0.3 is 0 Å². The van der Waals surface area contributed by atoms with Crippen molar-refractivity contribution in [1.29, 1.82) is 0 Å². The third-order valence-electron chi connectivity index (χ3n) is 3.60. The van der Waals surface area contributed by atoms with Gasteiger partial charge in [0.05, 0.1) is 23.4 Å². The van der Waals surface area contributed by atoms with E-state index in [9.17, 15) is 4.79 Å².